The molecule has 0 fully saturated rings. The monoisotopic (exact) mass is 348 g/mol. The van der Waals surface area contributed by atoms with E-state index in [-0.39, 0.29) is 12.2 Å². The molecule has 0 saturated heterocycles. The lowest BCUT2D eigenvalue weighted by atomic mass is 10.0. The highest BCUT2D eigenvalue weighted by Gasteiger charge is 2.11. The summed E-state index contributed by atoms with van der Waals surface area (Å²) in [5.41, 5.74) is 2.10. The van der Waals surface area contributed by atoms with Crippen molar-refractivity contribution in [3.63, 3.8) is 0 Å². The molecule has 21 heavy (non-hydrogen) atoms. The molecule has 2 aromatic rings. The molecule has 1 N–H and O–H groups in total. The molecule has 0 bridgehead atoms. The summed E-state index contributed by atoms with van der Waals surface area (Å²) < 4.78 is 6.48. The molecule has 0 atom stereocenters. The normalized spacial score (nSPS) is 10.7. The van der Waals surface area contributed by atoms with E-state index in [1.807, 2.05) is 24.3 Å². The Bertz CT molecular complexity index is 650. The van der Waals surface area contributed by atoms with Crippen LogP contribution in [0.15, 0.2) is 46.9 Å². The summed E-state index contributed by atoms with van der Waals surface area (Å²) in [6, 6.07) is 13.0. The predicted octanol–water partition coefficient (Wildman–Crippen LogP) is 4.85. The quantitative estimate of drug-likeness (QED) is 0.839. The molecule has 0 aliphatic rings. The van der Waals surface area contributed by atoms with Crippen molar-refractivity contribution >= 4 is 21.9 Å². The minimum absolute atomic E-state index is 0.233. The third kappa shape index (κ3) is 4.08. The SMILES string of the molecule is CC(C)c1cccc(OCc2ccc(Br)cc2C(=O)O)c1. The number of hydrogen-bond acceptors (Lipinski definition) is 2. The average Bonchev–Trinajstić information content (AvgIpc) is 2.46. The predicted molar refractivity (Wildman–Crippen MR) is 86.0 cm³/mol. The van der Waals surface area contributed by atoms with Gasteiger partial charge in [0.15, 0.2) is 0 Å². The first kappa shape index (κ1) is 15.6. The molecule has 110 valence electrons. The highest BCUT2D eigenvalue weighted by Crippen LogP contribution is 2.22. The Labute approximate surface area is 132 Å². The number of carbonyl (C=O) groups is 1. The number of carboxylic acid groups (broad SMARTS) is 1. The Morgan fingerprint density at radius 2 is 2.00 bits per heavy atom. The summed E-state index contributed by atoms with van der Waals surface area (Å²) in [6.45, 7) is 4.48. The van der Waals surface area contributed by atoms with Gasteiger partial charge < -0.3 is 9.84 Å². The van der Waals surface area contributed by atoms with Gasteiger partial charge in [0.1, 0.15) is 12.4 Å². The van der Waals surface area contributed by atoms with Crippen molar-refractivity contribution in [3.8, 4) is 5.75 Å². The maximum atomic E-state index is 11.3. The van der Waals surface area contributed by atoms with Crippen LogP contribution >= 0.6 is 15.9 Å². The van der Waals surface area contributed by atoms with Crippen LogP contribution in [-0.4, -0.2) is 11.1 Å². The van der Waals surface area contributed by atoms with Gasteiger partial charge in [0.25, 0.3) is 0 Å². The van der Waals surface area contributed by atoms with Gasteiger partial charge in [0.05, 0.1) is 5.56 Å². The summed E-state index contributed by atoms with van der Waals surface area (Å²) in [5.74, 6) is 0.224. The second-order valence-electron chi connectivity index (χ2n) is 5.12. The van der Waals surface area contributed by atoms with Gasteiger partial charge in [0.2, 0.25) is 0 Å². The van der Waals surface area contributed by atoms with Crippen LogP contribution in [0.1, 0.15) is 41.3 Å². The first-order valence-electron chi connectivity index (χ1n) is 6.72. The molecule has 2 aromatic carbocycles. The van der Waals surface area contributed by atoms with Gasteiger partial charge >= 0.3 is 5.97 Å². The van der Waals surface area contributed by atoms with E-state index in [1.54, 1.807) is 12.1 Å². The van der Waals surface area contributed by atoms with Gasteiger partial charge in [-0.05, 0) is 35.7 Å². The molecule has 2 rings (SSSR count). The molecular weight excluding hydrogens is 332 g/mol. The van der Waals surface area contributed by atoms with Crippen molar-refractivity contribution in [3.05, 3.63) is 63.6 Å². The summed E-state index contributed by atoms with van der Waals surface area (Å²) in [5, 5.41) is 9.23. The second-order valence-corrected chi connectivity index (χ2v) is 6.04. The fourth-order valence-electron chi connectivity index (χ4n) is 2.00. The van der Waals surface area contributed by atoms with Crippen LogP contribution in [-0.2, 0) is 6.61 Å². The molecular formula is C17H17BrO3. The number of aromatic carboxylic acids is 1. The lowest BCUT2D eigenvalue weighted by Gasteiger charge is -2.11. The Balaban J connectivity index is 2.17. The molecule has 0 unspecified atom stereocenters. The Hall–Kier alpha value is -1.81. The zero-order valence-electron chi connectivity index (χ0n) is 12.0. The first-order valence-corrected chi connectivity index (χ1v) is 7.51. The van der Waals surface area contributed by atoms with Gasteiger partial charge in [-0.15, -0.1) is 0 Å². The van der Waals surface area contributed by atoms with Crippen molar-refractivity contribution in [1.82, 2.24) is 0 Å². The van der Waals surface area contributed by atoms with E-state index in [4.69, 9.17) is 4.74 Å². The molecule has 0 aliphatic heterocycles. The molecule has 4 heteroatoms. The smallest absolute Gasteiger partial charge is 0.336 e. The van der Waals surface area contributed by atoms with Crippen LogP contribution in [0, 0.1) is 0 Å². The van der Waals surface area contributed by atoms with Crippen LogP contribution in [0.25, 0.3) is 0 Å². The lowest BCUT2D eigenvalue weighted by Crippen LogP contribution is -2.05. The zero-order chi connectivity index (χ0) is 15.4. The Morgan fingerprint density at radius 1 is 1.24 bits per heavy atom. The topological polar surface area (TPSA) is 46.5 Å². The second kappa shape index (κ2) is 6.76. The first-order chi connectivity index (χ1) is 9.97. The lowest BCUT2D eigenvalue weighted by molar-refractivity contribution is 0.0694. The maximum absolute atomic E-state index is 11.3. The van der Waals surface area contributed by atoms with Gasteiger partial charge in [-0.25, -0.2) is 4.79 Å². The van der Waals surface area contributed by atoms with Crippen LogP contribution in [0.2, 0.25) is 0 Å². The number of carboxylic acids is 1. The van der Waals surface area contributed by atoms with E-state index in [2.05, 4.69) is 35.8 Å². The van der Waals surface area contributed by atoms with Crippen LogP contribution < -0.4 is 4.74 Å². The Morgan fingerprint density at radius 3 is 2.67 bits per heavy atom. The molecule has 0 spiro atoms. The fraction of sp³-hybridized carbons (Fsp3) is 0.235. The molecule has 0 aliphatic carbocycles. The average molecular weight is 349 g/mol. The molecule has 0 aromatic heterocycles. The highest BCUT2D eigenvalue weighted by molar-refractivity contribution is 9.10. The van der Waals surface area contributed by atoms with Gasteiger partial charge in [-0.1, -0.05) is 48.0 Å². The largest absolute Gasteiger partial charge is 0.489 e. The summed E-state index contributed by atoms with van der Waals surface area (Å²) in [6.07, 6.45) is 0. The van der Waals surface area contributed by atoms with Crippen LogP contribution in [0.5, 0.6) is 5.75 Å². The molecule has 0 radical (unpaired) electrons. The van der Waals surface area contributed by atoms with Gasteiger partial charge in [0, 0.05) is 10.0 Å². The summed E-state index contributed by atoms with van der Waals surface area (Å²) in [4.78, 5) is 11.3. The Kier molecular flexibility index (Phi) is 5.02. The van der Waals surface area contributed by atoms with E-state index in [0.29, 0.717) is 11.5 Å². The van der Waals surface area contributed by atoms with E-state index in [9.17, 15) is 9.90 Å². The number of halogens is 1. The molecule has 3 nitrogen and oxygen atoms in total. The summed E-state index contributed by atoms with van der Waals surface area (Å²) >= 11 is 3.28. The molecule has 0 heterocycles. The standard InChI is InChI=1S/C17H17BrO3/c1-11(2)12-4-3-5-15(8-12)21-10-13-6-7-14(18)9-16(13)17(19)20/h3-9,11H,10H2,1-2H3,(H,19,20). The number of ether oxygens (including phenoxy) is 1. The number of hydrogen-bond donors (Lipinski definition) is 1. The van der Waals surface area contributed by atoms with Crippen LogP contribution in [0.3, 0.4) is 0 Å². The highest BCUT2D eigenvalue weighted by atomic mass is 79.9. The van der Waals surface area contributed by atoms with Crippen molar-refractivity contribution in [2.75, 3.05) is 0 Å². The minimum atomic E-state index is -0.953. The molecule has 0 amide bonds. The third-order valence-electron chi connectivity index (χ3n) is 3.22. The number of benzene rings is 2. The summed E-state index contributed by atoms with van der Waals surface area (Å²) in [7, 11) is 0. The van der Waals surface area contributed by atoms with Crippen molar-refractivity contribution in [2.45, 2.75) is 26.4 Å². The van der Waals surface area contributed by atoms with E-state index < -0.39 is 5.97 Å². The van der Waals surface area contributed by atoms with Gasteiger partial charge in [-0.2, -0.15) is 0 Å². The third-order valence-corrected chi connectivity index (χ3v) is 3.71. The molecule has 0 saturated carbocycles. The van der Waals surface area contributed by atoms with Gasteiger partial charge in [-0.3, -0.25) is 0 Å². The van der Waals surface area contributed by atoms with E-state index in [0.717, 1.165) is 10.2 Å². The zero-order valence-corrected chi connectivity index (χ0v) is 13.6. The van der Waals surface area contributed by atoms with Crippen molar-refractivity contribution in [1.29, 1.82) is 0 Å². The fourth-order valence-corrected chi connectivity index (χ4v) is 2.36. The van der Waals surface area contributed by atoms with Crippen LogP contribution in [0.4, 0.5) is 0 Å². The maximum Gasteiger partial charge on any atom is 0.336 e. The van der Waals surface area contributed by atoms with E-state index >= 15 is 0 Å². The van der Waals surface area contributed by atoms with Crippen molar-refractivity contribution in [2.24, 2.45) is 0 Å². The van der Waals surface area contributed by atoms with E-state index in [1.165, 1.54) is 5.56 Å². The number of rotatable bonds is 5. The van der Waals surface area contributed by atoms with Crippen molar-refractivity contribution < 1.29 is 14.6 Å². The minimum Gasteiger partial charge on any atom is -0.489 e.